The number of fused-ring (bicyclic) bond motifs is 1. The van der Waals surface area contributed by atoms with E-state index in [4.69, 9.17) is 0 Å². The molecule has 20 heavy (non-hydrogen) atoms. The fraction of sp³-hybridized carbons (Fsp3) is 0.182. The zero-order chi connectivity index (χ0) is 15.1. The Labute approximate surface area is 107 Å². The minimum absolute atomic E-state index is 0.207. The lowest BCUT2D eigenvalue weighted by molar-refractivity contribution is -0.384. The average molecular weight is 291 g/mol. The molecule has 1 heterocycles. The molecule has 0 saturated heterocycles. The molecule has 0 bridgehead atoms. The summed E-state index contributed by atoms with van der Waals surface area (Å²) in [4.78, 5) is 21.3. The number of alkyl halides is 4. The van der Waals surface area contributed by atoms with Crippen LogP contribution in [0, 0.1) is 10.1 Å². The molecule has 1 aromatic carbocycles. The van der Waals surface area contributed by atoms with Gasteiger partial charge in [-0.3, -0.25) is 14.9 Å². The van der Waals surface area contributed by atoms with Crippen LogP contribution >= 0.6 is 0 Å². The van der Waals surface area contributed by atoms with Crippen molar-refractivity contribution < 1.29 is 26.9 Å². The van der Waals surface area contributed by atoms with Crippen molar-refractivity contribution in [2.24, 2.45) is 0 Å². The van der Waals surface area contributed by atoms with Gasteiger partial charge in [-0.05, 0) is 6.07 Å². The molecule has 0 aliphatic heterocycles. The van der Waals surface area contributed by atoms with Gasteiger partial charge in [-0.15, -0.1) is 0 Å². The van der Waals surface area contributed by atoms with E-state index in [-0.39, 0.29) is 11.5 Å². The molecule has 2 aromatic rings. The van der Waals surface area contributed by atoms with E-state index in [9.17, 15) is 32.5 Å². The molecule has 0 aliphatic rings. The first-order valence-electron chi connectivity index (χ1n) is 5.12. The number of nitro groups is 1. The largest absolute Gasteiger partial charge is 0.454 e. The van der Waals surface area contributed by atoms with Crippen molar-refractivity contribution >= 4 is 16.7 Å². The summed E-state index contributed by atoms with van der Waals surface area (Å²) in [5, 5.41) is 10.2. The molecule has 0 N–H and O–H groups in total. The fourth-order valence-electron chi connectivity index (χ4n) is 1.53. The van der Waals surface area contributed by atoms with Gasteiger partial charge in [0, 0.05) is 18.2 Å². The highest BCUT2D eigenvalue weighted by Gasteiger charge is 2.46. The monoisotopic (exact) mass is 291 g/mol. The maximum Gasteiger partial charge on any atom is 0.363 e. The van der Waals surface area contributed by atoms with Crippen LogP contribution in [0.2, 0.25) is 0 Å². The van der Waals surface area contributed by atoms with E-state index in [1.165, 1.54) is 0 Å². The summed E-state index contributed by atoms with van der Waals surface area (Å²) in [5.41, 5.74) is -1.94. The second-order valence-electron chi connectivity index (χ2n) is 3.84. The molecule has 0 saturated carbocycles. The summed E-state index contributed by atoms with van der Waals surface area (Å²) in [7, 11) is 0. The lowest BCUT2D eigenvalue weighted by Gasteiger charge is -2.14. The first kappa shape index (κ1) is 14.0. The van der Waals surface area contributed by atoms with Gasteiger partial charge in [0.25, 0.3) is 5.69 Å². The molecular formula is C11H5F4NO4. The number of non-ortho nitro benzene ring substituents is 1. The Balaban J connectivity index is 2.69. The van der Waals surface area contributed by atoms with Crippen LogP contribution in [0.4, 0.5) is 23.2 Å². The van der Waals surface area contributed by atoms with Crippen molar-refractivity contribution in [1.82, 2.24) is 0 Å². The zero-order valence-corrected chi connectivity index (χ0v) is 9.48. The third-order valence-corrected chi connectivity index (χ3v) is 2.52. The summed E-state index contributed by atoms with van der Waals surface area (Å²) in [5.74, 6) is -6.10. The molecule has 0 aliphatic carbocycles. The summed E-state index contributed by atoms with van der Waals surface area (Å²) < 4.78 is 55.2. The van der Waals surface area contributed by atoms with Crippen LogP contribution in [0.3, 0.4) is 0 Å². The lowest BCUT2D eigenvalue weighted by Crippen LogP contribution is -2.25. The molecule has 5 nitrogen and oxygen atoms in total. The van der Waals surface area contributed by atoms with Crippen LogP contribution in [0.25, 0.3) is 11.0 Å². The van der Waals surface area contributed by atoms with E-state index in [0.29, 0.717) is 0 Å². The fourth-order valence-corrected chi connectivity index (χ4v) is 1.53. The van der Waals surface area contributed by atoms with E-state index in [1.54, 1.807) is 0 Å². The predicted octanol–water partition coefficient (Wildman–Crippen LogP) is 3.06. The normalized spacial score (nSPS) is 12.1. The van der Waals surface area contributed by atoms with Gasteiger partial charge in [-0.2, -0.15) is 8.78 Å². The van der Waals surface area contributed by atoms with Gasteiger partial charge >= 0.3 is 12.3 Å². The third kappa shape index (κ3) is 2.22. The molecule has 0 unspecified atom stereocenters. The zero-order valence-electron chi connectivity index (χ0n) is 9.48. The molecule has 0 atom stereocenters. The molecule has 9 heteroatoms. The standard InChI is InChI=1S/C11H5F4NO4/c12-10(13)11(14,15)9-4-7(17)6-3-5(16(18)19)1-2-8(6)20-9/h1-4,10H. The van der Waals surface area contributed by atoms with Gasteiger partial charge in [0.15, 0.2) is 11.2 Å². The van der Waals surface area contributed by atoms with Crippen molar-refractivity contribution in [3.8, 4) is 0 Å². The van der Waals surface area contributed by atoms with Crippen molar-refractivity contribution in [1.29, 1.82) is 0 Å². The van der Waals surface area contributed by atoms with Gasteiger partial charge in [0.05, 0.1) is 10.3 Å². The molecule has 0 spiro atoms. The highest BCUT2D eigenvalue weighted by atomic mass is 19.3. The highest BCUT2D eigenvalue weighted by molar-refractivity contribution is 5.79. The van der Waals surface area contributed by atoms with Crippen LogP contribution in [-0.4, -0.2) is 11.3 Å². The quantitative estimate of drug-likeness (QED) is 0.495. The Kier molecular flexibility index (Phi) is 3.20. The van der Waals surface area contributed by atoms with Gasteiger partial charge in [-0.25, -0.2) is 8.78 Å². The van der Waals surface area contributed by atoms with E-state index >= 15 is 0 Å². The smallest absolute Gasteiger partial charge is 0.363 e. The number of nitrogens with zero attached hydrogens (tertiary/aromatic N) is 1. The predicted molar refractivity (Wildman–Crippen MR) is 59.0 cm³/mol. The number of hydrogen-bond acceptors (Lipinski definition) is 4. The first-order chi connectivity index (χ1) is 9.23. The van der Waals surface area contributed by atoms with Gasteiger partial charge in [0.1, 0.15) is 5.58 Å². The number of hydrogen-bond donors (Lipinski definition) is 0. The summed E-state index contributed by atoms with van der Waals surface area (Å²) in [6, 6.07) is 2.85. The third-order valence-electron chi connectivity index (χ3n) is 2.52. The second-order valence-corrected chi connectivity index (χ2v) is 3.84. The van der Waals surface area contributed by atoms with Gasteiger partial charge in [0.2, 0.25) is 0 Å². The second kappa shape index (κ2) is 4.58. The minimum Gasteiger partial charge on any atom is -0.454 e. The van der Waals surface area contributed by atoms with Crippen LogP contribution in [-0.2, 0) is 5.92 Å². The van der Waals surface area contributed by atoms with Crippen molar-refractivity contribution in [2.45, 2.75) is 12.3 Å². The summed E-state index contributed by atoms with van der Waals surface area (Å²) >= 11 is 0. The summed E-state index contributed by atoms with van der Waals surface area (Å²) in [6.07, 6.45) is -4.04. The lowest BCUT2D eigenvalue weighted by atomic mass is 10.1. The Bertz CT molecular complexity index is 741. The Morgan fingerprint density at radius 1 is 1.25 bits per heavy atom. The molecule has 2 rings (SSSR count). The van der Waals surface area contributed by atoms with Crippen molar-refractivity contribution in [3.05, 3.63) is 50.4 Å². The van der Waals surface area contributed by atoms with E-state index < -0.39 is 39.7 Å². The SMILES string of the molecule is O=c1cc(C(F)(F)C(F)F)oc2ccc([N+](=O)[O-])cc12. The number of benzene rings is 1. The van der Waals surface area contributed by atoms with Crippen molar-refractivity contribution in [3.63, 3.8) is 0 Å². The minimum atomic E-state index is -4.62. The maximum absolute atomic E-state index is 13.1. The number of nitro benzene ring substituents is 1. The molecular weight excluding hydrogens is 286 g/mol. The highest BCUT2D eigenvalue weighted by Crippen LogP contribution is 2.35. The first-order valence-corrected chi connectivity index (χ1v) is 5.12. The molecule has 0 fully saturated rings. The molecule has 0 amide bonds. The Morgan fingerprint density at radius 2 is 1.90 bits per heavy atom. The van der Waals surface area contributed by atoms with E-state index in [0.717, 1.165) is 18.2 Å². The molecule has 0 radical (unpaired) electrons. The number of rotatable bonds is 3. The van der Waals surface area contributed by atoms with Crippen LogP contribution in [0.15, 0.2) is 33.5 Å². The van der Waals surface area contributed by atoms with Crippen molar-refractivity contribution in [2.75, 3.05) is 0 Å². The summed E-state index contributed by atoms with van der Waals surface area (Å²) in [6.45, 7) is 0. The van der Waals surface area contributed by atoms with E-state index in [2.05, 4.69) is 4.42 Å². The topological polar surface area (TPSA) is 73.3 Å². The van der Waals surface area contributed by atoms with Gasteiger partial charge < -0.3 is 4.42 Å². The number of halogens is 4. The van der Waals surface area contributed by atoms with Crippen LogP contribution < -0.4 is 5.43 Å². The Morgan fingerprint density at radius 3 is 2.45 bits per heavy atom. The molecule has 106 valence electrons. The average Bonchev–Trinajstić information content (AvgIpc) is 2.37. The van der Waals surface area contributed by atoms with Crippen LogP contribution in [0.1, 0.15) is 5.76 Å². The maximum atomic E-state index is 13.1. The van der Waals surface area contributed by atoms with Gasteiger partial charge in [-0.1, -0.05) is 0 Å². The van der Waals surface area contributed by atoms with Crippen LogP contribution in [0.5, 0.6) is 0 Å². The molecule has 1 aromatic heterocycles. The Hall–Kier alpha value is -2.45. The van der Waals surface area contributed by atoms with E-state index in [1.807, 2.05) is 0 Å².